The molecule has 0 aliphatic rings. The number of rotatable bonds is 7. The molecule has 0 bridgehead atoms. The molecule has 1 aromatic carbocycles. The Hall–Kier alpha value is -3.09. The summed E-state index contributed by atoms with van der Waals surface area (Å²) in [5, 5.41) is 2.88. The molecule has 30 heavy (non-hydrogen) atoms. The summed E-state index contributed by atoms with van der Waals surface area (Å²) < 4.78 is 10.4. The Kier molecular flexibility index (Phi) is 7.43. The number of nitrogens with one attached hydrogen (secondary N) is 2. The van der Waals surface area contributed by atoms with Gasteiger partial charge in [0.1, 0.15) is 5.69 Å². The third kappa shape index (κ3) is 4.90. The van der Waals surface area contributed by atoms with Gasteiger partial charge >= 0.3 is 11.9 Å². The van der Waals surface area contributed by atoms with Gasteiger partial charge in [-0.3, -0.25) is 4.79 Å². The highest BCUT2D eigenvalue weighted by molar-refractivity contribution is 6.01. The number of para-hydroxylation sites is 1. The number of hydrogen-bond donors (Lipinski definition) is 2. The molecule has 0 radical (unpaired) electrons. The Labute approximate surface area is 177 Å². The van der Waals surface area contributed by atoms with Crippen LogP contribution < -0.4 is 5.32 Å². The first-order valence-corrected chi connectivity index (χ1v) is 10.1. The van der Waals surface area contributed by atoms with E-state index in [1.165, 1.54) is 6.92 Å². The minimum atomic E-state index is -1.02. The number of anilines is 1. The van der Waals surface area contributed by atoms with Crippen LogP contribution in [0.15, 0.2) is 18.2 Å². The number of carbonyl (C=O) groups is 3. The minimum Gasteiger partial charge on any atom is -0.462 e. The van der Waals surface area contributed by atoms with Gasteiger partial charge < -0.3 is 19.8 Å². The number of H-pyrrole nitrogens is 1. The maximum absolute atomic E-state index is 12.7. The Balaban J connectivity index is 2.16. The van der Waals surface area contributed by atoms with E-state index in [-0.39, 0.29) is 18.2 Å². The Morgan fingerprint density at radius 3 is 2.33 bits per heavy atom. The zero-order valence-electron chi connectivity index (χ0n) is 18.6. The lowest BCUT2D eigenvalue weighted by molar-refractivity contribution is -0.123. The Bertz CT molecular complexity index is 959. The van der Waals surface area contributed by atoms with Crippen molar-refractivity contribution in [2.45, 2.75) is 60.5 Å². The van der Waals surface area contributed by atoms with Gasteiger partial charge in [-0.05, 0) is 57.2 Å². The van der Waals surface area contributed by atoms with Crippen LogP contribution in [-0.4, -0.2) is 35.5 Å². The second kappa shape index (κ2) is 9.61. The van der Waals surface area contributed by atoms with Gasteiger partial charge in [0.25, 0.3) is 5.91 Å². The van der Waals surface area contributed by atoms with Gasteiger partial charge in [-0.1, -0.05) is 32.0 Å². The summed E-state index contributed by atoms with van der Waals surface area (Å²) >= 11 is 0. The van der Waals surface area contributed by atoms with E-state index in [4.69, 9.17) is 9.47 Å². The normalized spacial score (nSPS) is 11.9. The molecule has 0 spiro atoms. The zero-order valence-corrected chi connectivity index (χ0v) is 18.6. The molecule has 0 saturated carbocycles. The predicted molar refractivity (Wildman–Crippen MR) is 115 cm³/mol. The van der Waals surface area contributed by atoms with Crippen molar-refractivity contribution in [3.63, 3.8) is 0 Å². The summed E-state index contributed by atoms with van der Waals surface area (Å²) in [6.45, 7) is 12.8. The van der Waals surface area contributed by atoms with Gasteiger partial charge in [-0.15, -0.1) is 0 Å². The molecule has 2 aromatic rings. The van der Waals surface area contributed by atoms with Crippen LogP contribution in [-0.2, 0) is 14.3 Å². The Morgan fingerprint density at radius 1 is 1.07 bits per heavy atom. The first-order chi connectivity index (χ1) is 14.1. The lowest BCUT2D eigenvalue weighted by Gasteiger charge is -2.19. The number of benzene rings is 1. The van der Waals surface area contributed by atoms with Crippen molar-refractivity contribution in [2.24, 2.45) is 0 Å². The molecule has 0 saturated heterocycles. The van der Waals surface area contributed by atoms with Crippen LogP contribution in [0.4, 0.5) is 5.69 Å². The minimum absolute atomic E-state index is 0.133. The number of ether oxygens (including phenoxy) is 2. The van der Waals surface area contributed by atoms with Crippen molar-refractivity contribution in [2.75, 3.05) is 11.9 Å². The van der Waals surface area contributed by atoms with Crippen LogP contribution in [0, 0.1) is 20.8 Å². The molecule has 0 fully saturated rings. The van der Waals surface area contributed by atoms with Gasteiger partial charge in [-0.25, -0.2) is 9.59 Å². The lowest BCUT2D eigenvalue weighted by Crippen LogP contribution is -2.31. The van der Waals surface area contributed by atoms with E-state index in [0.29, 0.717) is 16.8 Å². The fourth-order valence-corrected chi connectivity index (χ4v) is 3.30. The number of amides is 1. The number of aromatic nitrogens is 1. The molecule has 7 nitrogen and oxygen atoms in total. The molecule has 1 aromatic heterocycles. The number of aromatic amines is 1. The molecule has 2 N–H and O–H groups in total. The highest BCUT2D eigenvalue weighted by atomic mass is 16.5. The van der Waals surface area contributed by atoms with E-state index < -0.39 is 23.9 Å². The van der Waals surface area contributed by atoms with Crippen molar-refractivity contribution < 1.29 is 23.9 Å². The molecule has 0 aliphatic heterocycles. The van der Waals surface area contributed by atoms with Gasteiger partial charge in [0, 0.05) is 11.4 Å². The van der Waals surface area contributed by atoms with E-state index in [0.717, 1.165) is 16.8 Å². The smallest absolute Gasteiger partial charge is 0.355 e. The van der Waals surface area contributed by atoms with Crippen molar-refractivity contribution in [3.05, 3.63) is 51.8 Å². The van der Waals surface area contributed by atoms with Gasteiger partial charge in [0.05, 0.1) is 12.2 Å². The SMILES string of the molecule is CCOC(=O)c1c(C)[nH]c(C(=O)O[C@@H](C)C(=O)Nc2c(C)cccc2C(C)C)c1C. The van der Waals surface area contributed by atoms with Crippen LogP contribution in [0.3, 0.4) is 0 Å². The number of carbonyl (C=O) groups excluding carboxylic acids is 3. The topological polar surface area (TPSA) is 97.5 Å². The first kappa shape index (κ1) is 23.2. The standard InChI is InChI=1S/C23H30N2O5/c1-8-29-22(27)18-14(5)20(24-15(18)6)23(28)30-16(7)21(26)25-19-13(4)10-9-11-17(19)12(2)3/h9-12,16,24H,8H2,1-7H3,(H,25,26)/t16-/m0/s1. The molecule has 7 heteroatoms. The molecule has 2 rings (SSSR count). The zero-order chi connectivity index (χ0) is 22.6. The molecule has 162 valence electrons. The molecule has 0 unspecified atom stereocenters. The van der Waals surface area contributed by atoms with Gasteiger partial charge in [0.15, 0.2) is 6.10 Å². The highest BCUT2D eigenvalue weighted by Crippen LogP contribution is 2.28. The molecular weight excluding hydrogens is 384 g/mol. The second-order valence-corrected chi connectivity index (χ2v) is 7.58. The fourth-order valence-electron chi connectivity index (χ4n) is 3.30. The van der Waals surface area contributed by atoms with Crippen LogP contribution in [0.1, 0.15) is 76.8 Å². The first-order valence-electron chi connectivity index (χ1n) is 10.1. The van der Waals surface area contributed by atoms with Crippen LogP contribution >= 0.6 is 0 Å². The van der Waals surface area contributed by atoms with Crippen molar-refractivity contribution in [1.29, 1.82) is 0 Å². The van der Waals surface area contributed by atoms with E-state index in [1.807, 2.05) is 39.0 Å². The number of aryl methyl sites for hydroxylation is 2. The summed E-state index contributed by atoms with van der Waals surface area (Å²) in [4.78, 5) is 40.3. The van der Waals surface area contributed by atoms with Crippen molar-refractivity contribution >= 4 is 23.5 Å². The lowest BCUT2D eigenvalue weighted by atomic mass is 9.98. The van der Waals surface area contributed by atoms with Crippen molar-refractivity contribution in [1.82, 2.24) is 4.98 Å². The fraction of sp³-hybridized carbons (Fsp3) is 0.435. The van der Waals surface area contributed by atoms with Gasteiger partial charge in [0.2, 0.25) is 0 Å². The van der Waals surface area contributed by atoms with Crippen LogP contribution in [0.2, 0.25) is 0 Å². The Morgan fingerprint density at radius 2 is 1.73 bits per heavy atom. The molecular formula is C23H30N2O5. The highest BCUT2D eigenvalue weighted by Gasteiger charge is 2.27. The molecule has 0 aliphatic carbocycles. The van der Waals surface area contributed by atoms with Crippen LogP contribution in [0.25, 0.3) is 0 Å². The quantitative estimate of drug-likeness (QED) is 0.654. The molecule has 1 heterocycles. The average molecular weight is 415 g/mol. The third-order valence-corrected chi connectivity index (χ3v) is 4.95. The summed E-state index contributed by atoms with van der Waals surface area (Å²) in [6.07, 6.45) is -1.02. The van der Waals surface area contributed by atoms with E-state index in [2.05, 4.69) is 10.3 Å². The average Bonchev–Trinajstić information content (AvgIpc) is 2.97. The number of esters is 2. The molecule has 1 amide bonds. The summed E-state index contributed by atoms with van der Waals surface area (Å²) in [5.74, 6) is -1.41. The summed E-state index contributed by atoms with van der Waals surface area (Å²) in [6, 6.07) is 5.83. The van der Waals surface area contributed by atoms with Crippen LogP contribution in [0.5, 0.6) is 0 Å². The van der Waals surface area contributed by atoms with Gasteiger partial charge in [-0.2, -0.15) is 0 Å². The van der Waals surface area contributed by atoms with E-state index in [9.17, 15) is 14.4 Å². The maximum atomic E-state index is 12.7. The maximum Gasteiger partial charge on any atom is 0.355 e. The summed E-state index contributed by atoms with van der Waals surface area (Å²) in [5.41, 5.74) is 4.06. The van der Waals surface area contributed by atoms with E-state index in [1.54, 1.807) is 20.8 Å². The van der Waals surface area contributed by atoms with Crippen molar-refractivity contribution in [3.8, 4) is 0 Å². The monoisotopic (exact) mass is 414 g/mol. The summed E-state index contributed by atoms with van der Waals surface area (Å²) in [7, 11) is 0. The molecule has 1 atom stereocenters. The second-order valence-electron chi connectivity index (χ2n) is 7.58. The third-order valence-electron chi connectivity index (χ3n) is 4.95. The predicted octanol–water partition coefficient (Wildman–Crippen LogP) is 4.42. The largest absolute Gasteiger partial charge is 0.462 e. The van der Waals surface area contributed by atoms with E-state index >= 15 is 0 Å². The number of hydrogen-bond acceptors (Lipinski definition) is 5.